The molecule has 0 saturated heterocycles. The van der Waals surface area contributed by atoms with Gasteiger partial charge in [0.15, 0.2) is 0 Å². The van der Waals surface area contributed by atoms with Crippen LogP contribution in [0.5, 0.6) is 0 Å². The fraction of sp³-hybridized carbons (Fsp3) is 0.312. The summed E-state index contributed by atoms with van der Waals surface area (Å²) >= 11 is 0. The summed E-state index contributed by atoms with van der Waals surface area (Å²) in [7, 11) is 0. The molecule has 0 bridgehead atoms. The Morgan fingerprint density at radius 3 is 2.62 bits per heavy atom. The van der Waals surface area contributed by atoms with Crippen molar-refractivity contribution in [3.63, 3.8) is 0 Å². The van der Waals surface area contributed by atoms with Crippen LogP contribution in [0, 0.1) is 22.7 Å². The number of nitrogens with zero attached hydrogens (tertiary/aromatic N) is 3. The lowest BCUT2D eigenvalue weighted by Gasteiger charge is -2.35. The number of amides is 1. The first-order chi connectivity index (χ1) is 10.2. The van der Waals surface area contributed by atoms with Gasteiger partial charge in [0.25, 0.3) is 0 Å². The highest BCUT2D eigenvalue weighted by Gasteiger charge is 2.29. The maximum atomic E-state index is 12.0. The highest BCUT2D eigenvalue weighted by molar-refractivity contribution is 5.98. The van der Waals surface area contributed by atoms with Crippen molar-refractivity contribution in [1.82, 2.24) is 0 Å². The lowest BCUT2D eigenvalue weighted by Crippen LogP contribution is -2.39. The summed E-state index contributed by atoms with van der Waals surface area (Å²) in [6.07, 6.45) is 4.64. The molecular weight excluding hydrogens is 264 g/mol. The number of nitriles is 2. The van der Waals surface area contributed by atoms with Crippen LogP contribution in [0.1, 0.15) is 24.0 Å². The summed E-state index contributed by atoms with van der Waals surface area (Å²) in [6.45, 7) is 0.804. The van der Waals surface area contributed by atoms with E-state index in [1.165, 1.54) is 6.20 Å². The number of rotatable bonds is 2. The van der Waals surface area contributed by atoms with Crippen LogP contribution in [0.4, 0.5) is 11.4 Å². The Morgan fingerprint density at radius 2 is 1.90 bits per heavy atom. The third-order valence-electron chi connectivity index (χ3n) is 3.90. The van der Waals surface area contributed by atoms with E-state index < -0.39 is 0 Å². The Morgan fingerprint density at radius 1 is 1.19 bits per heavy atom. The second-order valence-corrected chi connectivity index (χ2v) is 5.22. The van der Waals surface area contributed by atoms with Crippen molar-refractivity contribution < 1.29 is 4.79 Å². The van der Waals surface area contributed by atoms with Crippen LogP contribution in [-0.4, -0.2) is 12.5 Å². The van der Waals surface area contributed by atoms with E-state index in [-0.39, 0.29) is 11.5 Å². The lowest BCUT2D eigenvalue weighted by atomic mass is 9.91. The van der Waals surface area contributed by atoms with E-state index in [0.29, 0.717) is 6.42 Å². The number of benzene rings is 1. The Balaban J connectivity index is 1.97. The minimum absolute atomic E-state index is 0.0400. The van der Waals surface area contributed by atoms with Crippen molar-refractivity contribution >= 4 is 17.3 Å². The molecule has 0 aromatic heterocycles. The topological polar surface area (TPSA) is 79.9 Å². The molecule has 2 heterocycles. The zero-order valence-electron chi connectivity index (χ0n) is 11.5. The molecule has 5 nitrogen and oxygen atoms in total. The fourth-order valence-electron chi connectivity index (χ4n) is 2.98. The second-order valence-electron chi connectivity index (χ2n) is 5.22. The minimum atomic E-state index is 0.0400. The molecule has 0 spiro atoms. The van der Waals surface area contributed by atoms with E-state index >= 15 is 0 Å². The van der Waals surface area contributed by atoms with Crippen LogP contribution in [0.25, 0.3) is 0 Å². The van der Waals surface area contributed by atoms with E-state index in [4.69, 9.17) is 10.5 Å². The van der Waals surface area contributed by atoms with Crippen molar-refractivity contribution in [3.8, 4) is 12.1 Å². The average Bonchev–Trinajstić information content (AvgIpc) is 2.52. The van der Waals surface area contributed by atoms with Crippen LogP contribution in [-0.2, 0) is 17.6 Å². The van der Waals surface area contributed by atoms with Crippen molar-refractivity contribution in [3.05, 3.63) is 35.0 Å². The molecule has 2 aliphatic heterocycles. The average molecular weight is 278 g/mol. The molecule has 0 fully saturated rings. The molecular formula is C16H14N4O. The molecule has 104 valence electrons. The SMILES string of the molecule is N#CC(C#N)=CNc1cc2c3c(c1)CCC(=O)N3CCC2. The highest BCUT2D eigenvalue weighted by atomic mass is 16.2. The molecule has 1 aromatic carbocycles. The third-order valence-corrected chi connectivity index (χ3v) is 3.90. The summed E-state index contributed by atoms with van der Waals surface area (Å²) < 4.78 is 0. The maximum Gasteiger partial charge on any atom is 0.227 e. The lowest BCUT2D eigenvalue weighted by molar-refractivity contribution is -0.119. The van der Waals surface area contributed by atoms with Gasteiger partial charge in [-0.15, -0.1) is 0 Å². The zero-order chi connectivity index (χ0) is 14.8. The summed E-state index contributed by atoms with van der Waals surface area (Å²) in [5.41, 5.74) is 4.31. The van der Waals surface area contributed by atoms with Gasteiger partial charge >= 0.3 is 0 Å². The van der Waals surface area contributed by atoms with Gasteiger partial charge < -0.3 is 10.2 Å². The van der Waals surface area contributed by atoms with Gasteiger partial charge in [0, 0.05) is 24.9 Å². The zero-order valence-corrected chi connectivity index (χ0v) is 11.5. The number of anilines is 2. The van der Waals surface area contributed by atoms with Crippen LogP contribution >= 0.6 is 0 Å². The van der Waals surface area contributed by atoms with Gasteiger partial charge in [0.1, 0.15) is 17.7 Å². The molecule has 0 atom stereocenters. The van der Waals surface area contributed by atoms with Crippen LogP contribution in [0.3, 0.4) is 0 Å². The van der Waals surface area contributed by atoms with Gasteiger partial charge in [0.05, 0.1) is 5.69 Å². The summed E-state index contributed by atoms with van der Waals surface area (Å²) in [4.78, 5) is 13.9. The molecule has 1 amide bonds. The number of nitrogens with one attached hydrogen (secondary N) is 1. The number of hydrogen-bond donors (Lipinski definition) is 1. The van der Waals surface area contributed by atoms with Gasteiger partial charge in [-0.3, -0.25) is 4.79 Å². The number of allylic oxidation sites excluding steroid dienone is 1. The van der Waals surface area contributed by atoms with E-state index in [0.717, 1.165) is 48.3 Å². The summed E-state index contributed by atoms with van der Waals surface area (Å²) in [5.74, 6) is 0.209. The molecule has 0 unspecified atom stereocenters. The monoisotopic (exact) mass is 278 g/mol. The third kappa shape index (κ3) is 2.34. The first kappa shape index (κ1) is 13.2. The van der Waals surface area contributed by atoms with Crippen molar-refractivity contribution in [2.75, 3.05) is 16.8 Å². The number of hydrogen-bond acceptors (Lipinski definition) is 4. The summed E-state index contributed by atoms with van der Waals surface area (Å²) in [5, 5.41) is 20.5. The van der Waals surface area contributed by atoms with Crippen LogP contribution in [0.2, 0.25) is 0 Å². The van der Waals surface area contributed by atoms with Crippen LogP contribution < -0.4 is 10.2 Å². The molecule has 0 radical (unpaired) electrons. The number of carbonyl (C=O) groups is 1. The predicted octanol–water partition coefficient (Wildman–Crippen LogP) is 2.25. The molecule has 0 saturated carbocycles. The largest absolute Gasteiger partial charge is 0.360 e. The van der Waals surface area contributed by atoms with E-state index in [9.17, 15) is 4.79 Å². The Hall–Kier alpha value is -2.79. The van der Waals surface area contributed by atoms with E-state index in [1.807, 2.05) is 29.2 Å². The van der Waals surface area contributed by atoms with Gasteiger partial charge in [-0.05, 0) is 42.5 Å². The molecule has 1 aromatic rings. The number of carbonyl (C=O) groups excluding carboxylic acids is 1. The summed E-state index contributed by atoms with van der Waals surface area (Å²) in [6, 6.07) is 7.66. The van der Waals surface area contributed by atoms with Crippen molar-refractivity contribution in [1.29, 1.82) is 10.5 Å². The van der Waals surface area contributed by atoms with Gasteiger partial charge in [-0.1, -0.05) is 0 Å². The van der Waals surface area contributed by atoms with Crippen molar-refractivity contribution in [2.45, 2.75) is 25.7 Å². The molecule has 1 N–H and O–H groups in total. The van der Waals surface area contributed by atoms with Gasteiger partial charge in [-0.2, -0.15) is 10.5 Å². The van der Waals surface area contributed by atoms with Gasteiger partial charge in [-0.25, -0.2) is 0 Å². The van der Waals surface area contributed by atoms with Crippen molar-refractivity contribution in [2.24, 2.45) is 0 Å². The Kier molecular flexibility index (Phi) is 3.33. The quantitative estimate of drug-likeness (QED) is 0.841. The fourth-order valence-corrected chi connectivity index (χ4v) is 2.98. The van der Waals surface area contributed by atoms with E-state index in [1.54, 1.807) is 0 Å². The standard InChI is InChI=1S/C16H14N4O/c17-8-11(9-18)10-19-14-6-12-2-1-5-20-15(21)4-3-13(7-14)16(12)20/h6-7,10,19H,1-5H2. The first-order valence-electron chi connectivity index (χ1n) is 6.96. The number of aryl methyl sites for hydroxylation is 2. The predicted molar refractivity (Wildman–Crippen MR) is 78.4 cm³/mol. The van der Waals surface area contributed by atoms with Gasteiger partial charge in [0.2, 0.25) is 5.91 Å². The van der Waals surface area contributed by atoms with E-state index in [2.05, 4.69) is 5.32 Å². The molecule has 5 heteroatoms. The minimum Gasteiger partial charge on any atom is -0.360 e. The molecule has 2 aliphatic rings. The normalized spacial score (nSPS) is 15.5. The molecule has 0 aliphatic carbocycles. The van der Waals surface area contributed by atoms with Crippen LogP contribution in [0.15, 0.2) is 23.9 Å². The second kappa shape index (κ2) is 5.30. The first-order valence-corrected chi connectivity index (χ1v) is 6.96. The highest BCUT2D eigenvalue weighted by Crippen LogP contribution is 2.37. The Labute approximate surface area is 123 Å². The smallest absolute Gasteiger partial charge is 0.227 e. The molecule has 3 rings (SSSR count). The molecule has 21 heavy (non-hydrogen) atoms. The maximum absolute atomic E-state index is 12.0. The Bertz CT molecular complexity index is 688.